The van der Waals surface area contributed by atoms with Crippen LogP contribution in [0.1, 0.15) is 17.7 Å². The Hall–Kier alpha value is -1.29. The van der Waals surface area contributed by atoms with Crippen molar-refractivity contribution in [3.05, 3.63) is 34.6 Å². The van der Waals surface area contributed by atoms with E-state index in [1.54, 1.807) is 12.1 Å². The molecular weight excluding hydrogens is 246 g/mol. The predicted octanol–water partition coefficient (Wildman–Crippen LogP) is 3.41. The smallest absolute Gasteiger partial charge is 0.235 e. The summed E-state index contributed by atoms with van der Waals surface area (Å²) in [4.78, 5) is 8.41. The molecule has 2 aromatic heterocycles. The number of fused-ring (bicyclic) bond motifs is 2. The van der Waals surface area contributed by atoms with Gasteiger partial charge in [0.2, 0.25) is 0 Å². The normalized spacial score (nSPS) is 18.1. The van der Waals surface area contributed by atoms with E-state index in [4.69, 9.17) is 11.6 Å². The molecule has 0 saturated heterocycles. The number of hydrogen-bond donors (Lipinski definition) is 0. The molecule has 0 radical (unpaired) electrons. The Bertz CT molecular complexity index is 598. The van der Waals surface area contributed by atoms with E-state index in [-0.39, 0.29) is 12.8 Å². The molecule has 0 atom stereocenters. The van der Waals surface area contributed by atoms with Crippen LogP contribution in [0.25, 0.3) is 11.0 Å². The number of nitrogens with zero attached hydrogens (tertiary/aromatic N) is 2. The van der Waals surface area contributed by atoms with Crippen molar-refractivity contribution in [2.75, 3.05) is 0 Å². The molecule has 0 fully saturated rings. The molecule has 1 aliphatic carbocycles. The number of aryl methyl sites for hydroxylation is 1. The minimum Gasteiger partial charge on any atom is -0.235 e. The van der Waals surface area contributed by atoms with Gasteiger partial charge in [-0.05, 0) is 24.1 Å². The molecule has 0 amide bonds. The van der Waals surface area contributed by atoms with Crippen LogP contribution in [0.5, 0.6) is 0 Å². The fourth-order valence-corrected chi connectivity index (χ4v) is 2.32. The highest BCUT2D eigenvalue weighted by atomic mass is 35.5. The highest BCUT2D eigenvalue weighted by molar-refractivity contribution is 6.31. The maximum absolute atomic E-state index is 13.3. The van der Waals surface area contributed by atoms with Gasteiger partial charge in [0.1, 0.15) is 0 Å². The summed E-state index contributed by atoms with van der Waals surface area (Å²) < 4.78 is 26.6. The number of aromatic nitrogens is 2. The molecule has 5 heteroatoms. The molecule has 0 N–H and O–H groups in total. The third kappa shape index (κ3) is 1.97. The number of hydrogen-bond acceptors (Lipinski definition) is 2. The SMILES string of the molecule is FC1(F)CCc2nc3ncc(Cl)cc3cc2C1. The van der Waals surface area contributed by atoms with E-state index in [9.17, 15) is 8.78 Å². The van der Waals surface area contributed by atoms with Gasteiger partial charge in [0.25, 0.3) is 5.92 Å². The van der Waals surface area contributed by atoms with Gasteiger partial charge in [-0.25, -0.2) is 18.7 Å². The zero-order chi connectivity index (χ0) is 12.0. The Morgan fingerprint density at radius 1 is 1.29 bits per heavy atom. The Labute approximate surface area is 102 Å². The molecule has 0 unspecified atom stereocenters. The first kappa shape index (κ1) is 10.8. The lowest BCUT2D eigenvalue weighted by Crippen LogP contribution is -2.26. The molecule has 0 bridgehead atoms. The lowest BCUT2D eigenvalue weighted by Gasteiger charge is -2.23. The number of rotatable bonds is 0. The average molecular weight is 255 g/mol. The highest BCUT2D eigenvalue weighted by Crippen LogP contribution is 2.33. The van der Waals surface area contributed by atoms with Gasteiger partial charge in [-0.1, -0.05) is 11.6 Å². The molecule has 1 aliphatic rings. The van der Waals surface area contributed by atoms with Crippen LogP contribution in [0, 0.1) is 0 Å². The number of halogens is 3. The monoisotopic (exact) mass is 254 g/mol. The summed E-state index contributed by atoms with van der Waals surface area (Å²) in [5.74, 6) is -2.62. The van der Waals surface area contributed by atoms with E-state index in [2.05, 4.69) is 9.97 Å². The molecule has 3 rings (SSSR count). The summed E-state index contributed by atoms with van der Waals surface area (Å²) in [5.41, 5.74) is 1.91. The number of alkyl halides is 2. The second-order valence-electron chi connectivity index (χ2n) is 4.33. The van der Waals surface area contributed by atoms with Gasteiger partial charge in [-0.3, -0.25) is 0 Å². The number of pyridine rings is 2. The van der Waals surface area contributed by atoms with E-state index in [1.165, 1.54) is 6.20 Å². The first-order valence-corrected chi connectivity index (χ1v) is 5.73. The average Bonchev–Trinajstić information content (AvgIpc) is 2.25. The van der Waals surface area contributed by atoms with Crippen LogP contribution in [0.2, 0.25) is 5.02 Å². The van der Waals surface area contributed by atoms with Crippen molar-refractivity contribution < 1.29 is 8.78 Å². The molecule has 2 nitrogen and oxygen atoms in total. The van der Waals surface area contributed by atoms with Gasteiger partial charge in [0.05, 0.1) is 5.02 Å². The first-order valence-electron chi connectivity index (χ1n) is 5.35. The summed E-state index contributed by atoms with van der Waals surface area (Å²) in [7, 11) is 0. The van der Waals surface area contributed by atoms with Gasteiger partial charge >= 0.3 is 0 Å². The van der Waals surface area contributed by atoms with Gasteiger partial charge < -0.3 is 0 Å². The molecule has 0 saturated carbocycles. The van der Waals surface area contributed by atoms with Crippen molar-refractivity contribution in [1.82, 2.24) is 9.97 Å². The van der Waals surface area contributed by atoms with Gasteiger partial charge in [0.15, 0.2) is 5.65 Å². The summed E-state index contributed by atoms with van der Waals surface area (Å²) in [6, 6.07) is 3.42. The summed E-state index contributed by atoms with van der Waals surface area (Å²) in [5, 5.41) is 1.20. The van der Waals surface area contributed by atoms with Crippen LogP contribution in [-0.4, -0.2) is 15.9 Å². The Morgan fingerprint density at radius 2 is 2.12 bits per heavy atom. The van der Waals surface area contributed by atoms with Crippen molar-refractivity contribution in [2.24, 2.45) is 0 Å². The van der Waals surface area contributed by atoms with Gasteiger partial charge in [-0.2, -0.15) is 0 Å². The van der Waals surface area contributed by atoms with Gasteiger partial charge in [-0.15, -0.1) is 0 Å². The summed E-state index contributed by atoms with van der Waals surface area (Å²) >= 11 is 5.82. The quantitative estimate of drug-likeness (QED) is 0.720. The fraction of sp³-hybridized carbons (Fsp3) is 0.333. The topological polar surface area (TPSA) is 25.8 Å². The highest BCUT2D eigenvalue weighted by Gasteiger charge is 2.34. The fourth-order valence-electron chi connectivity index (χ4n) is 2.16. The van der Waals surface area contributed by atoms with Crippen molar-refractivity contribution >= 4 is 22.6 Å². The molecule has 0 spiro atoms. The molecule has 0 aliphatic heterocycles. The van der Waals surface area contributed by atoms with Crippen LogP contribution in [0.4, 0.5) is 8.78 Å². The third-order valence-corrected chi connectivity index (χ3v) is 3.19. The van der Waals surface area contributed by atoms with Crippen molar-refractivity contribution in [2.45, 2.75) is 25.2 Å². The summed E-state index contributed by atoms with van der Waals surface area (Å²) in [6.45, 7) is 0. The standard InChI is InChI=1S/C12H9ClF2N2/c13-9-4-7-3-8-5-12(14,15)2-1-10(8)17-11(7)16-6-9/h3-4,6H,1-2,5H2. The van der Waals surface area contributed by atoms with Crippen molar-refractivity contribution in [3.63, 3.8) is 0 Å². The molecule has 88 valence electrons. The molecule has 2 heterocycles. The molecule has 17 heavy (non-hydrogen) atoms. The van der Waals surface area contributed by atoms with Crippen LogP contribution in [0.3, 0.4) is 0 Å². The van der Waals surface area contributed by atoms with Crippen LogP contribution < -0.4 is 0 Å². The van der Waals surface area contributed by atoms with E-state index in [1.807, 2.05) is 0 Å². The van der Waals surface area contributed by atoms with Crippen molar-refractivity contribution in [3.8, 4) is 0 Å². The Balaban J connectivity index is 2.17. The lowest BCUT2D eigenvalue weighted by atomic mass is 9.92. The van der Waals surface area contributed by atoms with Crippen LogP contribution in [-0.2, 0) is 12.8 Å². The largest absolute Gasteiger partial charge is 0.252 e. The minimum absolute atomic E-state index is 0.133. The first-order chi connectivity index (χ1) is 8.03. The maximum Gasteiger partial charge on any atom is 0.252 e. The van der Waals surface area contributed by atoms with Crippen LogP contribution in [0.15, 0.2) is 18.3 Å². The van der Waals surface area contributed by atoms with Gasteiger partial charge in [0, 0.05) is 30.1 Å². The molecular formula is C12H9ClF2N2. The molecule has 2 aromatic rings. The Morgan fingerprint density at radius 3 is 2.94 bits per heavy atom. The predicted molar refractivity (Wildman–Crippen MR) is 61.5 cm³/mol. The van der Waals surface area contributed by atoms with Crippen LogP contribution >= 0.6 is 11.6 Å². The minimum atomic E-state index is -2.62. The van der Waals surface area contributed by atoms with E-state index >= 15 is 0 Å². The van der Waals surface area contributed by atoms with E-state index in [0.717, 1.165) is 5.69 Å². The third-order valence-electron chi connectivity index (χ3n) is 2.98. The Kier molecular flexibility index (Phi) is 2.30. The van der Waals surface area contributed by atoms with E-state index in [0.29, 0.717) is 28.0 Å². The lowest BCUT2D eigenvalue weighted by molar-refractivity contribution is -0.0127. The van der Waals surface area contributed by atoms with E-state index < -0.39 is 5.92 Å². The zero-order valence-electron chi connectivity index (χ0n) is 8.88. The summed E-state index contributed by atoms with van der Waals surface area (Å²) in [6.07, 6.45) is 1.45. The van der Waals surface area contributed by atoms with Crippen molar-refractivity contribution in [1.29, 1.82) is 0 Å². The maximum atomic E-state index is 13.3. The zero-order valence-corrected chi connectivity index (χ0v) is 9.64. The second-order valence-corrected chi connectivity index (χ2v) is 4.76. The second kappa shape index (κ2) is 3.60. The molecule has 0 aromatic carbocycles.